The van der Waals surface area contributed by atoms with Gasteiger partial charge in [-0.05, 0) is 67.0 Å². The van der Waals surface area contributed by atoms with Crippen LogP contribution in [0.1, 0.15) is 52.8 Å². The van der Waals surface area contributed by atoms with E-state index in [1.165, 1.54) is 6.07 Å². The lowest BCUT2D eigenvalue weighted by Crippen LogP contribution is -2.55. The molecule has 1 aliphatic rings. The second-order valence-corrected chi connectivity index (χ2v) is 14.1. The van der Waals surface area contributed by atoms with Crippen molar-refractivity contribution in [2.45, 2.75) is 38.6 Å². The van der Waals surface area contributed by atoms with Crippen molar-refractivity contribution in [1.82, 2.24) is 20.4 Å². The Bertz CT molecular complexity index is 1870. The van der Waals surface area contributed by atoms with Crippen molar-refractivity contribution >= 4 is 46.0 Å². The Kier molecular flexibility index (Phi) is 11.1. The van der Waals surface area contributed by atoms with Crippen LogP contribution >= 0.6 is 11.6 Å². The minimum Gasteiger partial charge on any atom is -0.451 e. The molecule has 0 saturated carbocycles. The summed E-state index contributed by atoms with van der Waals surface area (Å²) < 4.78 is 5.90. The number of amides is 3. The number of nitrogens with one attached hydrogen (secondary N) is 2. The fraction of sp³-hybridized carbons (Fsp3) is 0.368. The first-order chi connectivity index (χ1) is 23.3. The van der Waals surface area contributed by atoms with E-state index in [0.717, 1.165) is 23.4 Å². The molecule has 10 nitrogen and oxygen atoms in total. The highest BCUT2D eigenvalue weighted by Gasteiger charge is 2.31. The molecule has 0 bridgehead atoms. The van der Waals surface area contributed by atoms with Gasteiger partial charge in [-0.2, -0.15) is 0 Å². The zero-order valence-electron chi connectivity index (χ0n) is 28.7. The van der Waals surface area contributed by atoms with Crippen LogP contribution in [0.5, 0.6) is 0 Å². The molecule has 0 aliphatic carbocycles. The Morgan fingerprint density at radius 3 is 2.29 bits per heavy atom. The Hall–Kier alpha value is -4.67. The summed E-state index contributed by atoms with van der Waals surface area (Å²) in [7, 11) is 3.91. The molecule has 1 aliphatic heterocycles. The monoisotopic (exact) mass is 685 g/mol. The van der Waals surface area contributed by atoms with E-state index in [0.29, 0.717) is 54.3 Å². The van der Waals surface area contributed by atoms with Gasteiger partial charge in [0.1, 0.15) is 11.6 Å². The van der Waals surface area contributed by atoms with E-state index in [1.54, 1.807) is 29.2 Å². The molecule has 0 unspecified atom stereocenters. The molecule has 1 aromatic heterocycles. The van der Waals surface area contributed by atoms with Gasteiger partial charge in [-0.15, -0.1) is 0 Å². The molecule has 3 amide bonds. The molecule has 0 radical (unpaired) electrons. The van der Waals surface area contributed by atoms with Crippen molar-refractivity contribution in [2.75, 3.05) is 58.3 Å². The van der Waals surface area contributed by atoms with Crippen molar-refractivity contribution in [3.63, 3.8) is 0 Å². The summed E-state index contributed by atoms with van der Waals surface area (Å²) in [4.78, 5) is 59.6. The zero-order chi connectivity index (χ0) is 35.3. The Morgan fingerprint density at radius 2 is 1.61 bits per heavy atom. The highest BCUT2D eigenvalue weighted by molar-refractivity contribution is 6.30. The van der Waals surface area contributed by atoms with Crippen LogP contribution < -0.4 is 21.0 Å². The Balaban J connectivity index is 1.32. The highest BCUT2D eigenvalue weighted by atomic mass is 35.5. The third-order valence-electron chi connectivity index (χ3n) is 8.70. The number of carbonyl (C=O) groups excluding carboxylic acids is 3. The van der Waals surface area contributed by atoms with Gasteiger partial charge in [-0.25, -0.2) is 0 Å². The van der Waals surface area contributed by atoms with E-state index in [1.807, 2.05) is 61.5 Å². The quantitative estimate of drug-likeness (QED) is 0.248. The van der Waals surface area contributed by atoms with Crippen LogP contribution in [-0.4, -0.2) is 86.9 Å². The SMILES string of the molecule is CN(C)CCNC(=O)c1ccccc1N1CCN(C(=O)[C@@H](Cc2ccc(Cl)cc2)NC(=O)c2cc(=O)c3cc(C(C)(C)C)ccc3o2)CC1. The lowest BCUT2D eigenvalue weighted by Gasteiger charge is -2.38. The zero-order valence-corrected chi connectivity index (χ0v) is 29.5. The number of rotatable bonds is 10. The molecule has 11 heteroatoms. The first-order valence-corrected chi connectivity index (χ1v) is 16.9. The number of likely N-dealkylation sites (N-methyl/N-ethyl adjacent to an activating group) is 1. The van der Waals surface area contributed by atoms with Gasteiger partial charge in [-0.3, -0.25) is 19.2 Å². The largest absolute Gasteiger partial charge is 0.451 e. The number of benzene rings is 3. The molecule has 4 aromatic rings. The van der Waals surface area contributed by atoms with E-state index in [2.05, 4.69) is 36.3 Å². The Labute approximate surface area is 292 Å². The van der Waals surface area contributed by atoms with Crippen molar-refractivity contribution in [2.24, 2.45) is 0 Å². The second-order valence-electron chi connectivity index (χ2n) is 13.7. The molecule has 49 heavy (non-hydrogen) atoms. The minimum absolute atomic E-state index is 0.142. The van der Waals surface area contributed by atoms with Crippen molar-refractivity contribution in [3.8, 4) is 0 Å². The Morgan fingerprint density at radius 1 is 0.918 bits per heavy atom. The predicted octanol–water partition coefficient (Wildman–Crippen LogP) is 4.73. The number of hydrogen-bond acceptors (Lipinski definition) is 7. The van der Waals surface area contributed by atoms with Crippen molar-refractivity contribution < 1.29 is 18.8 Å². The minimum atomic E-state index is -0.931. The number of piperazine rings is 1. The van der Waals surface area contributed by atoms with Gasteiger partial charge in [-0.1, -0.05) is 62.7 Å². The summed E-state index contributed by atoms with van der Waals surface area (Å²) in [5.74, 6) is -1.22. The summed E-state index contributed by atoms with van der Waals surface area (Å²) in [6.45, 7) is 9.23. The highest BCUT2D eigenvalue weighted by Crippen LogP contribution is 2.26. The molecule has 5 rings (SSSR count). The average Bonchev–Trinajstić information content (AvgIpc) is 3.07. The third kappa shape index (κ3) is 8.87. The summed E-state index contributed by atoms with van der Waals surface area (Å²) >= 11 is 6.11. The molecule has 1 fully saturated rings. The van der Waals surface area contributed by atoms with E-state index < -0.39 is 11.9 Å². The van der Waals surface area contributed by atoms with Crippen LogP contribution in [0.25, 0.3) is 11.0 Å². The number of nitrogens with zero attached hydrogens (tertiary/aromatic N) is 3. The number of carbonyl (C=O) groups is 3. The normalized spacial score (nSPS) is 14.2. The average molecular weight is 686 g/mol. The number of anilines is 1. The smallest absolute Gasteiger partial charge is 0.287 e. The van der Waals surface area contributed by atoms with Gasteiger partial charge in [0.15, 0.2) is 11.2 Å². The molecule has 258 valence electrons. The van der Waals surface area contributed by atoms with Crippen LogP contribution in [-0.2, 0) is 16.6 Å². The maximum absolute atomic E-state index is 14.0. The first-order valence-electron chi connectivity index (χ1n) is 16.5. The van der Waals surface area contributed by atoms with E-state index >= 15 is 0 Å². The van der Waals surface area contributed by atoms with E-state index in [4.69, 9.17) is 16.0 Å². The fourth-order valence-corrected chi connectivity index (χ4v) is 5.96. The number of hydrogen-bond donors (Lipinski definition) is 2. The summed E-state index contributed by atoms with van der Waals surface area (Å²) in [5, 5.41) is 6.79. The fourth-order valence-electron chi connectivity index (χ4n) is 5.84. The summed E-state index contributed by atoms with van der Waals surface area (Å²) in [6, 6.07) is 20.2. The molecule has 2 heterocycles. The van der Waals surface area contributed by atoms with Crippen molar-refractivity contribution in [3.05, 3.63) is 110 Å². The molecule has 2 N–H and O–H groups in total. The van der Waals surface area contributed by atoms with Crippen LogP contribution in [0.4, 0.5) is 5.69 Å². The lowest BCUT2D eigenvalue weighted by molar-refractivity contribution is -0.133. The molecular formula is C38H44ClN5O5. The maximum atomic E-state index is 14.0. The van der Waals surface area contributed by atoms with Gasteiger partial charge in [0, 0.05) is 62.5 Å². The third-order valence-corrected chi connectivity index (χ3v) is 8.95. The molecule has 3 aromatic carbocycles. The van der Waals surface area contributed by atoms with Crippen LogP contribution in [0.2, 0.25) is 5.02 Å². The topological polar surface area (TPSA) is 115 Å². The van der Waals surface area contributed by atoms with E-state index in [-0.39, 0.29) is 34.8 Å². The van der Waals surface area contributed by atoms with Gasteiger partial charge in [0.25, 0.3) is 11.8 Å². The first kappa shape index (κ1) is 35.6. The van der Waals surface area contributed by atoms with Crippen LogP contribution in [0, 0.1) is 0 Å². The van der Waals surface area contributed by atoms with Crippen LogP contribution in [0.15, 0.2) is 82.0 Å². The van der Waals surface area contributed by atoms with Gasteiger partial charge < -0.3 is 29.8 Å². The predicted molar refractivity (Wildman–Crippen MR) is 194 cm³/mol. The van der Waals surface area contributed by atoms with Crippen molar-refractivity contribution in [1.29, 1.82) is 0 Å². The number of halogens is 1. The molecule has 1 atom stereocenters. The van der Waals surface area contributed by atoms with Crippen LogP contribution in [0.3, 0.4) is 0 Å². The molecule has 1 saturated heterocycles. The number of para-hydroxylation sites is 1. The molecule has 0 spiro atoms. The summed E-state index contributed by atoms with van der Waals surface area (Å²) in [5.41, 5.74) is 2.98. The maximum Gasteiger partial charge on any atom is 0.287 e. The van der Waals surface area contributed by atoms with Gasteiger partial charge in [0.2, 0.25) is 5.91 Å². The molecular weight excluding hydrogens is 642 g/mol. The van der Waals surface area contributed by atoms with Gasteiger partial charge in [0.05, 0.1) is 10.9 Å². The lowest BCUT2D eigenvalue weighted by atomic mass is 9.86. The second kappa shape index (κ2) is 15.3. The summed E-state index contributed by atoms with van der Waals surface area (Å²) in [6.07, 6.45) is 0.213. The number of fused-ring (bicyclic) bond motifs is 1. The standard InChI is InChI=1S/C38H44ClN5O5/c1-38(2,3)26-12-15-33-29(23-26)32(45)24-34(49-33)36(47)41-30(22-25-10-13-27(39)14-11-25)37(48)44-20-18-43(19-21-44)31-9-7-6-8-28(31)35(46)40-16-17-42(4)5/h6-15,23-24,30H,16-22H2,1-5H3,(H,40,46)(H,41,47)/t30-/m1/s1. The van der Waals surface area contributed by atoms with Gasteiger partial charge >= 0.3 is 0 Å². The van der Waals surface area contributed by atoms with E-state index in [9.17, 15) is 19.2 Å².